The van der Waals surface area contributed by atoms with Gasteiger partial charge in [0.1, 0.15) is 6.29 Å². The third-order valence-corrected chi connectivity index (χ3v) is 3.71. The number of carbonyl (C=O) groups excluding carboxylic acids is 1. The fraction of sp³-hybridized carbons (Fsp3) is 0.538. The lowest BCUT2D eigenvalue weighted by Gasteiger charge is -2.17. The first-order valence-electron chi connectivity index (χ1n) is 6.22. The number of hydrogen-bond donors (Lipinski definition) is 1. The van der Waals surface area contributed by atoms with E-state index in [2.05, 4.69) is 22.9 Å². The predicted octanol–water partition coefficient (Wildman–Crippen LogP) is 0.230. The van der Waals surface area contributed by atoms with E-state index in [4.69, 9.17) is 5.73 Å². The number of rotatable bonds is 7. The molecule has 100 valence electrons. The van der Waals surface area contributed by atoms with Crippen molar-refractivity contribution in [1.82, 2.24) is 9.88 Å². The Morgan fingerprint density at radius 3 is 2.89 bits per heavy atom. The second-order valence-corrected chi connectivity index (χ2v) is 5.29. The van der Waals surface area contributed by atoms with Crippen molar-refractivity contribution in [3.63, 3.8) is 0 Å². The molecule has 0 atom stereocenters. The Labute approximate surface area is 112 Å². The maximum absolute atomic E-state index is 10.3. The summed E-state index contributed by atoms with van der Waals surface area (Å²) in [5.41, 5.74) is 5.55. The van der Waals surface area contributed by atoms with Crippen LogP contribution in [0.25, 0.3) is 12.3 Å². The Morgan fingerprint density at radius 1 is 1.50 bits per heavy atom. The Balaban J connectivity index is 2.68. The molecule has 1 aromatic heterocycles. The maximum atomic E-state index is 10.3. The monoisotopic (exact) mass is 267 g/mol. The topological polar surface area (TPSA) is 59.2 Å². The molecule has 0 saturated heterocycles. The van der Waals surface area contributed by atoms with Crippen molar-refractivity contribution in [3.8, 4) is 0 Å². The molecule has 0 amide bonds. The highest BCUT2D eigenvalue weighted by molar-refractivity contribution is 7.09. The standard InChI is InChI=1S/C13H21N3OS/c1-3-16(7-4-5-9-17)8-6-13-12(10-14)15-11(2)18-13/h6,9-10H,3-5,7-8,14H2,1-2H3/b12-10+,13-6+. The Morgan fingerprint density at radius 2 is 2.28 bits per heavy atom. The Hall–Kier alpha value is -1.20. The first kappa shape index (κ1) is 14.9. The highest BCUT2D eigenvalue weighted by Gasteiger charge is 2.00. The average Bonchev–Trinajstić information content (AvgIpc) is 2.74. The van der Waals surface area contributed by atoms with Crippen LogP contribution in [-0.2, 0) is 4.79 Å². The number of carbonyl (C=O) groups is 1. The summed E-state index contributed by atoms with van der Waals surface area (Å²) in [6.45, 7) is 6.91. The van der Waals surface area contributed by atoms with Gasteiger partial charge in [0, 0.05) is 19.2 Å². The summed E-state index contributed by atoms with van der Waals surface area (Å²) in [7, 11) is 0. The zero-order chi connectivity index (χ0) is 13.4. The fourth-order valence-corrected chi connectivity index (χ4v) is 2.55. The molecule has 0 bridgehead atoms. The molecule has 2 N–H and O–H groups in total. The van der Waals surface area contributed by atoms with Gasteiger partial charge in [0.2, 0.25) is 0 Å². The van der Waals surface area contributed by atoms with Crippen molar-refractivity contribution in [2.75, 3.05) is 19.6 Å². The van der Waals surface area contributed by atoms with Gasteiger partial charge >= 0.3 is 0 Å². The third-order valence-electron chi connectivity index (χ3n) is 2.72. The van der Waals surface area contributed by atoms with Gasteiger partial charge in [-0.3, -0.25) is 4.90 Å². The fourth-order valence-electron chi connectivity index (χ4n) is 1.71. The molecular formula is C13H21N3OS. The van der Waals surface area contributed by atoms with E-state index in [1.165, 1.54) is 0 Å². The molecule has 1 rings (SSSR count). The van der Waals surface area contributed by atoms with Crippen LogP contribution in [0.1, 0.15) is 24.8 Å². The third kappa shape index (κ3) is 4.58. The van der Waals surface area contributed by atoms with E-state index in [1.807, 2.05) is 6.92 Å². The summed E-state index contributed by atoms with van der Waals surface area (Å²) < 4.78 is 1.13. The lowest BCUT2D eigenvalue weighted by Crippen LogP contribution is -2.29. The molecule has 0 radical (unpaired) electrons. The van der Waals surface area contributed by atoms with Gasteiger partial charge in [0.05, 0.1) is 14.9 Å². The molecule has 18 heavy (non-hydrogen) atoms. The highest BCUT2D eigenvalue weighted by atomic mass is 32.1. The first-order valence-corrected chi connectivity index (χ1v) is 7.04. The van der Waals surface area contributed by atoms with Crippen LogP contribution < -0.4 is 15.6 Å². The van der Waals surface area contributed by atoms with Crippen molar-refractivity contribution in [2.24, 2.45) is 5.73 Å². The second-order valence-electron chi connectivity index (χ2n) is 4.06. The molecule has 1 heterocycles. The predicted molar refractivity (Wildman–Crippen MR) is 76.6 cm³/mol. The molecule has 5 heteroatoms. The molecule has 0 aliphatic carbocycles. The van der Waals surface area contributed by atoms with E-state index in [1.54, 1.807) is 17.5 Å². The van der Waals surface area contributed by atoms with E-state index in [9.17, 15) is 4.79 Å². The lowest BCUT2D eigenvalue weighted by molar-refractivity contribution is -0.108. The lowest BCUT2D eigenvalue weighted by atomic mass is 10.3. The maximum Gasteiger partial charge on any atom is 0.120 e. The van der Waals surface area contributed by atoms with Crippen LogP contribution >= 0.6 is 11.3 Å². The molecule has 4 nitrogen and oxygen atoms in total. The second kappa shape index (κ2) is 8.00. The SMILES string of the molecule is CCN(C/C=c1/sc(C)n/c1=C/N)CCCC=O. The minimum Gasteiger partial charge on any atom is -0.403 e. The summed E-state index contributed by atoms with van der Waals surface area (Å²) in [6, 6.07) is 0. The molecule has 0 unspecified atom stereocenters. The first-order chi connectivity index (χ1) is 8.71. The van der Waals surface area contributed by atoms with Crippen LogP contribution in [0.4, 0.5) is 0 Å². The van der Waals surface area contributed by atoms with Gasteiger partial charge in [-0.25, -0.2) is 4.98 Å². The van der Waals surface area contributed by atoms with Crippen molar-refractivity contribution in [1.29, 1.82) is 0 Å². The van der Waals surface area contributed by atoms with E-state index < -0.39 is 0 Å². The normalized spacial score (nSPS) is 13.5. The number of aryl methyl sites for hydroxylation is 1. The molecule has 0 saturated carbocycles. The molecule has 1 aromatic rings. The molecule has 0 aliphatic rings. The Bertz CT molecular complexity index is 481. The summed E-state index contributed by atoms with van der Waals surface area (Å²) in [6.07, 6.45) is 6.25. The summed E-state index contributed by atoms with van der Waals surface area (Å²) in [5.74, 6) is 0. The van der Waals surface area contributed by atoms with Crippen molar-refractivity contribution < 1.29 is 4.79 Å². The zero-order valence-electron chi connectivity index (χ0n) is 11.1. The summed E-state index contributed by atoms with van der Waals surface area (Å²) in [4.78, 5) is 16.9. The van der Waals surface area contributed by atoms with Gasteiger partial charge in [-0.2, -0.15) is 0 Å². The van der Waals surface area contributed by atoms with E-state index in [-0.39, 0.29) is 0 Å². The van der Waals surface area contributed by atoms with E-state index in [0.29, 0.717) is 6.42 Å². The van der Waals surface area contributed by atoms with Gasteiger partial charge in [0.15, 0.2) is 0 Å². The van der Waals surface area contributed by atoms with Crippen molar-refractivity contribution in [3.05, 3.63) is 14.9 Å². The van der Waals surface area contributed by atoms with Crippen molar-refractivity contribution in [2.45, 2.75) is 26.7 Å². The van der Waals surface area contributed by atoms with Gasteiger partial charge in [-0.15, -0.1) is 11.3 Å². The van der Waals surface area contributed by atoms with Crippen LogP contribution in [0.2, 0.25) is 0 Å². The number of nitrogens with two attached hydrogens (primary N) is 1. The zero-order valence-corrected chi connectivity index (χ0v) is 11.9. The Kier molecular flexibility index (Phi) is 6.60. The number of aromatic nitrogens is 1. The average molecular weight is 267 g/mol. The van der Waals surface area contributed by atoms with Crippen LogP contribution in [0.5, 0.6) is 0 Å². The van der Waals surface area contributed by atoms with Crippen LogP contribution in [0.3, 0.4) is 0 Å². The molecule has 0 aliphatic heterocycles. The number of unbranched alkanes of at least 4 members (excludes halogenated alkanes) is 1. The van der Waals surface area contributed by atoms with Crippen molar-refractivity contribution >= 4 is 29.9 Å². The largest absolute Gasteiger partial charge is 0.403 e. The van der Waals surface area contributed by atoms with E-state index in [0.717, 1.165) is 47.2 Å². The van der Waals surface area contributed by atoms with Gasteiger partial charge in [-0.05, 0) is 26.4 Å². The summed E-state index contributed by atoms with van der Waals surface area (Å²) >= 11 is 1.66. The minimum atomic E-state index is 0.637. The smallest absolute Gasteiger partial charge is 0.120 e. The van der Waals surface area contributed by atoms with Gasteiger partial charge in [0.25, 0.3) is 0 Å². The molecule has 0 spiro atoms. The van der Waals surface area contributed by atoms with Crippen LogP contribution in [-0.4, -0.2) is 35.8 Å². The minimum absolute atomic E-state index is 0.637. The number of nitrogens with zero attached hydrogens (tertiary/aromatic N) is 2. The van der Waals surface area contributed by atoms with E-state index >= 15 is 0 Å². The summed E-state index contributed by atoms with van der Waals surface area (Å²) in [5, 5.41) is 1.89. The number of thiazole rings is 1. The quantitative estimate of drug-likeness (QED) is 0.567. The molecule has 0 aromatic carbocycles. The molecular weight excluding hydrogens is 246 g/mol. The molecule has 0 fully saturated rings. The van der Waals surface area contributed by atoms with Crippen LogP contribution in [0, 0.1) is 6.92 Å². The highest BCUT2D eigenvalue weighted by Crippen LogP contribution is 1.95. The number of hydrogen-bond acceptors (Lipinski definition) is 5. The van der Waals surface area contributed by atoms with Crippen LogP contribution in [0.15, 0.2) is 0 Å². The number of aldehydes is 1. The van der Waals surface area contributed by atoms with Gasteiger partial charge < -0.3 is 10.5 Å². The van der Waals surface area contributed by atoms with Gasteiger partial charge in [-0.1, -0.05) is 13.0 Å².